The van der Waals surface area contributed by atoms with Crippen LogP contribution >= 0.6 is 11.3 Å². The molecule has 2 amide bonds. The molecule has 6 heteroatoms. The van der Waals surface area contributed by atoms with Crippen molar-refractivity contribution in [2.75, 3.05) is 5.32 Å². The van der Waals surface area contributed by atoms with Crippen LogP contribution in [0, 0.1) is 11.3 Å². The molecule has 0 fully saturated rings. The van der Waals surface area contributed by atoms with Gasteiger partial charge >= 0.3 is 0 Å². The number of nitrogens with zero attached hydrogens (tertiary/aromatic N) is 1. The number of hydrogen-bond donors (Lipinski definition) is 2. The summed E-state index contributed by atoms with van der Waals surface area (Å²) >= 11 is 1.49. The Hall–Kier alpha value is -2.21. The van der Waals surface area contributed by atoms with E-state index in [1.54, 1.807) is 18.3 Å². The van der Waals surface area contributed by atoms with E-state index >= 15 is 0 Å². The van der Waals surface area contributed by atoms with Gasteiger partial charge in [-0.15, -0.1) is 11.3 Å². The number of hydrogen-bond acceptors (Lipinski definition) is 4. The Kier molecular flexibility index (Phi) is 5.14. The third-order valence-corrected chi connectivity index (χ3v) is 6.85. The van der Waals surface area contributed by atoms with E-state index < -0.39 is 5.91 Å². The summed E-state index contributed by atoms with van der Waals surface area (Å²) in [6.45, 7) is 6.82. The van der Waals surface area contributed by atoms with E-state index in [1.165, 1.54) is 22.4 Å². The number of aromatic nitrogens is 1. The van der Waals surface area contributed by atoms with E-state index in [4.69, 9.17) is 5.73 Å². The maximum Gasteiger partial charge on any atom is 0.257 e. The van der Waals surface area contributed by atoms with Crippen molar-refractivity contribution in [3.8, 4) is 0 Å². The lowest BCUT2D eigenvalue weighted by molar-refractivity contribution is 0.0999. The van der Waals surface area contributed by atoms with Gasteiger partial charge in [0.2, 0.25) is 0 Å². The first-order chi connectivity index (χ1) is 12.3. The summed E-state index contributed by atoms with van der Waals surface area (Å²) in [5.74, 6) is -0.178. The maximum absolute atomic E-state index is 12.5. The predicted octanol–water partition coefficient (Wildman–Crippen LogP) is 4.04. The van der Waals surface area contributed by atoms with Gasteiger partial charge in [0.1, 0.15) is 5.00 Å². The number of pyridine rings is 1. The van der Waals surface area contributed by atoms with E-state index in [0.717, 1.165) is 31.2 Å². The quantitative estimate of drug-likeness (QED) is 0.832. The van der Waals surface area contributed by atoms with Crippen molar-refractivity contribution in [2.45, 2.75) is 46.5 Å². The number of primary amides is 1. The third-order valence-electron chi connectivity index (χ3n) is 5.68. The number of anilines is 1. The second-order valence-electron chi connectivity index (χ2n) is 7.55. The van der Waals surface area contributed by atoms with Gasteiger partial charge in [0, 0.05) is 17.3 Å². The monoisotopic (exact) mass is 371 g/mol. The molecule has 0 unspecified atom stereocenters. The number of rotatable bonds is 5. The Morgan fingerprint density at radius 2 is 2.19 bits per heavy atom. The fraction of sp³-hybridized carbons (Fsp3) is 0.450. The number of carbonyl (C=O) groups is 2. The highest BCUT2D eigenvalue weighted by Crippen LogP contribution is 2.45. The lowest BCUT2D eigenvalue weighted by Crippen LogP contribution is -2.29. The summed E-state index contributed by atoms with van der Waals surface area (Å²) in [5.41, 5.74) is 7.87. The highest BCUT2D eigenvalue weighted by molar-refractivity contribution is 7.17. The molecule has 0 aromatic carbocycles. The minimum atomic E-state index is -0.475. The van der Waals surface area contributed by atoms with Gasteiger partial charge in [0.05, 0.1) is 11.1 Å². The Bertz CT molecular complexity index is 827. The van der Waals surface area contributed by atoms with Crippen LogP contribution in [0.3, 0.4) is 0 Å². The topological polar surface area (TPSA) is 85.1 Å². The van der Waals surface area contributed by atoms with Gasteiger partial charge in [0.25, 0.3) is 11.8 Å². The van der Waals surface area contributed by atoms with Crippen molar-refractivity contribution in [1.29, 1.82) is 0 Å². The summed E-state index contributed by atoms with van der Waals surface area (Å²) in [5, 5.41) is 3.43. The molecule has 1 aliphatic carbocycles. The van der Waals surface area contributed by atoms with Gasteiger partial charge in [-0.1, -0.05) is 27.2 Å². The molecule has 26 heavy (non-hydrogen) atoms. The average molecular weight is 372 g/mol. The van der Waals surface area contributed by atoms with Crippen LogP contribution in [-0.2, 0) is 12.8 Å². The van der Waals surface area contributed by atoms with Crippen LogP contribution in [0.15, 0.2) is 24.5 Å². The molecule has 3 rings (SSSR count). The predicted molar refractivity (Wildman–Crippen MR) is 105 cm³/mol. The Labute approximate surface area is 158 Å². The molecule has 1 aliphatic rings. The molecular formula is C20H25N3O2S. The smallest absolute Gasteiger partial charge is 0.257 e. The number of amides is 2. The van der Waals surface area contributed by atoms with E-state index in [9.17, 15) is 9.59 Å². The lowest BCUT2D eigenvalue weighted by Gasteiger charge is -2.36. The molecule has 0 aliphatic heterocycles. The zero-order chi connectivity index (χ0) is 18.9. The second kappa shape index (κ2) is 7.19. The van der Waals surface area contributed by atoms with Gasteiger partial charge in [-0.3, -0.25) is 14.6 Å². The van der Waals surface area contributed by atoms with Crippen LogP contribution in [0.2, 0.25) is 0 Å². The lowest BCUT2D eigenvalue weighted by atomic mass is 9.69. The molecule has 0 bridgehead atoms. The van der Waals surface area contributed by atoms with Crippen LogP contribution in [-0.4, -0.2) is 16.8 Å². The van der Waals surface area contributed by atoms with Crippen molar-refractivity contribution in [2.24, 2.45) is 17.1 Å². The van der Waals surface area contributed by atoms with Crippen LogP contribution in [0.25, 0.3) is 0 Å². The molecule has 0 saturated heterocycles. The highest BCUT2D eigenvalue weighted by Gasteiger charge is 2.35. The van der Waals surface area contributed by atoms with Crippen LogP contribution in [0.1, 0.15) is 64.8 Å². The fourth-order valence-corrected chi connectivity index (χ4v) is 4.89. The molecule has 1 atom stereocenters. The Morgan fingerprint density at radius 3 is 2.81 bits per heavy atom. The van der Waals surface area contributed by atoms with E-state index in [1.807, 2.05) is 0 Å². The summed E-state index contributed by atoms with van der Waals surface area (Å²) < 4.78 is 0. The standard InChI is InChI=1S/C20H25N3O2S/c1-4-20(2,3)13-7-8-14-15(10-13)26-19(16(14)17(21)24)23-18(25)12-6-5-9-22-11-12/h5-6,9,11,13H,4,7-8,10H2,1-3H3,(H2,21,24)(H,23,25)/t13-/m0/s1. The first-order valence-electron chi connectivity index (χ1n) is 8.99. The first-order valence-corrected chi connectivity index (χ1v) is 9.81. The SMILES string of the molecule is CCC(C)(C)[C@H]1CCc2c(sc(NC(=O)c3cccnc3)c2C(N)=O)C1. The van der Waals surface area contributed by atoms with E-state index in [2.05, 4.69) is 31.1 Å². The molecule has 0 spiro atoms. The first kappa shape index (κ1) is 18.6. The zero-order valence-electron chi connectivity index (χ0n) is 15.5. The number of carbonyl (C=O) groups excluding carboxylic acids is 2. The number of fused-ring (bicyclic) bond motifs is 1. The minimum Gasteiger partial charge on any atom is -0.365 e. The number of thiophene rings is 1. The molecule has 2 heterocycles. The summed E-state index contributed by atoms with van der Waals surface area (Å²) in [7, 11) is 0. The van der Waals surface area contributed by atoms with Gasteiger partial charge in [-0.25, -0.2) is 0 Å². The summed E-state index contributed by atoms with van der Waals surface area (Å²) in [6.07, 6.45) is 7.05. The highest BCUT2D eigenvalue weighted by atomic mass is 32.1. The fourth-order valence-electron chi connectivity index (χ4n) is 3.56. The van der Waals surface area contributed by atoms with E-state index in [-0.39, 0.29) is 11.3 Å². The third kappa shape index (κ3) is 3.51. The molecule has 0 saturated carbocycles. The number of nitrogens with two attached hydrogens (primary N) is 1. The Balaban J connectivity index is 1.91. The number of nitrogens with one attached hydrogen (secondary N) is 1. The van der Waals surface area contributed by atoms with E-state index in [0.29, 0.717) is 22.0 Å². The van der Waals surface area contributed by atoms with Gasteiger partial charge in [-0.05, 0) is 48.3 Å². The van der Waals surface area contributed by atoms with Crippen molar-refractivity contribution in [1.82, 2.24) is 4.98 Å². The molecular weight excluding hydrogens is 346 g/mol. The normalized spacial score (nSPS) is 16.8. The Morgan fingerprint density at radius 1 is 1.42 bits per heavy atom. The molecule has 2 aromatic heterocycles. The second-order valence-corrected chi connectivity index (χ2v) is 8.66. The van der Waals surface area contributed by atoms with Crippen molar-refractivity contribution < 1.29 is 9.59 Å². The molecule has 5 nitrogen and oxygen atoms in total. The molecule has 2 aromatic rings. The van der Waals surface area contributed by atoms with Gasteiger partial charge in [0.15, 0.2) is 0 Å². The average Bonchev–Trinajstić information content (AvgIpc) is 2.99. The van der Waals surface area contributed by atoms with Crippen LogP contribution in [0.4, 0.5) is 5.00 Å². The maximum atomic E-state index is 12.5. The van der Waals surface area contributed by atoms with Gasteiger partial charge < -0.3 is 11.1 Å². The molecule has 0 radical (unpaired) electrons. The zero-order valence-corrected chi connectivity index (χ0v) is 16.3. The van der Waals surface area contributed by atoms with Gasteiger partial charge in [-0.2, -0.15) is 0 Å². The minimum absolute atomic E-state index is 0.258. The van der Waals surface area contributed by atoms with Crippen molar-refractivity contribution in [3.63, 3.8) is 0 Å². The summed E-state index contributed by atoms with van der Waals surface area (Å²) in [4.78, 5) is 29.7. The largest absolute Gasteiger partial charge is 0.365 e. The van der Waals surface area contributed by atoms with Crippen LogP contribution in [0.5, 0.6) is 0 Å². The van der Waals surface area contributed by atoms with Crippen molar-refractivity contribution in [3.05, 3.63) is 46.1 Å². The van der Waals surface area contributed by atoms with Crippen LogP contribution < -0.4 is 11.1 Å². The molecule has 138 valence electrons. The molecule has 3 N–H and O–H groups in total. The van der Waals surface area contributed by atoms with Crippen molar-refractivity contribution >= 4 is 28.2 Å². The summed E-state index contributed by atoms with van der Waals surface area (Å²) in [6, 6.07) is 3.40.